The first-order valence-corrected chi connectivity index (χ1v) is 6.60. The van der Waals surface area contributed by atoms with E-state index in [9.17, 15) is 4.39 Å². The minimum Gasteiger partial charge on any atom is -0.381 e. The Kier molecular flexibility index (Phi) is 4.02. The predicted molar refractivity (Wildman–Crippen MR) is 77.3 cm³/mol. The molecule has 0 amide bonds. The lowest BCUT2D eigenvalue weighted by Gasteiger charge is -2.09. The Morgan fingerprint density at radius 3 is 2.50 bits per heavy atom. The fraction of sp³-hybridized carbons (Fsp3) is 0.200. The van der Waals surface area contributed by atoms with Crippen LogP contribution in [0.25, 0.3) is 0 Å². The third kappa shape index (κ3) is 3.10. The molecule has 3 heteroatoms. The van der Waals surface area contributed by atoms with Crippen LogP contribution in [0.4, 0.5) is 10.1 Å². The van der Waals surface area contributed by atoms with Crippen LogP contribution >= 0.6 is 15.9 Å². The van der Waals surface area contributed by atoms with Gasteiger partial charge in [-0.15, -0.1) is 0 Å². The summed E-state index contributed by atoms with van der Waals surface area (Å²) in [5, 5.41) is 3.29. The van der Waals surface area contributed by atoms with Crippen molar-refractivity contribution in [3.8, 4) is 0 Å². The van der Waals surface area contributed by atoms with E-state index in [1.165, 1.54) is 17.2 Å². The van der Waals surface area contributed by atoms with Gasteiger partial charge in [0.05, 0.1) is 0 Å². The fourth-order valence-corrected chi connectivity index (χ4v) is 2.02. The Hall–Kier alpha value is -1.35. The quantitative estimate of drug-likeness (QED) is 0.857. The van der Waals surface area contributed by atoms with E-state index in [4.69, 9.17) is 0 Å². The highest BCUT2D eigenvalue weighted by molar-refractivity contribution is 9.10. The molecule has 0 saturated carbocycles. The van der Waals surface area contributed by atoms with Crippen LogP contribution in [0.2, 0.25) is 0 Å². The lowest BCUT2D eigenvalue weighted by Crippen LogP contribution is -2.00. The normalized spacial score (nSPS) is 10.4. The van der Waals surface area contributed by atoms with Crippen molar-refractivity contribution in [1.82, 2.24) is 0 Å². The molecule has 0 aliphatic heterocycles. The molecule has 0 radical (unpaired) electrons. The summed E-state index contributed by atoms with van der Waals surface area (Å²) in [6.07, 6.45) is 0. The molecule has 2 rings (SSSR count). The van der Waals surface area contributed by atoms with Gasteiger partial charge in [0, 0.05) is 16.7 Å². The lowest BCUT2D eigenvalue weighted by molar-refractivity contribution is 0.618. The number of halogens is 2. The van der Waals surface area contributed by atoms with E-state index in [0.717, 1.165) is 16.7 Å². The summed E-state index contributed by atoms with van der Waals surface area (Å²) in [5.74, 6) is -0.167. The zero-order valence-corrected chi connectivity index (χ0v) is 12.0. The Morgan fingerprint density at radius 1 is 1.06 bits per heavy atom. The molecule has 0 heterocycles. The van der Waals surface area contributed by atoms with Gasteiger partial charge < -0.3 is 5.32 Å². The molecule has 0 spiro atoms. The molecule has 0 fully saturated rings. The van der Waals surface area contributed by atoms with E-state index < -0.39 is 0 Å². The van der Waals surface area contributed by atoms with Gasteiger partial charge in [-0.1, -0.05) is 28.1 Å². The number of hydrogen-bond donors (Lipinski definition) is 1. The molecule has 1 nitrogen and oxygen atoms in total. The third-order valence-electron chi connectivity index (χ3n) is 2.88. The molecule has 18 heavy (non-hydrogen) atoms. The summed E-state index contributed by atoms with van der Waals surface area (Å²) in [5.41, 5.74) is 4.02. The third-order valence-corrected chi connectivity index (χ3v) is 3.77. The Balaban J connectivity index is 2.06. The van der Waals surface area contributed by atoms with E-state index in [2.05, 4.69) is 40.3 Å². The molecular weight excluding hydrogens is 293 g/mol. The molecule has 2 aromatic carbocycles. The van der Waals surface area contributed by atoms with Crippen LogP contribution in [0.1, 0.15) is 16.7 Å². The second kappa shape index (κ2) is 5.53. The van der Waals surface area contributed by atoms with Crippen molar-refractivity contribution < 1.29 is 4.39 Å². The largest absolute Gasteiger partial charge is 0.381 e. The van der Waals surface area contributed by atoms with Crippen molar-refractivity contribution in [2.24, 2.45) is 0 Å². The maximum atomic E-state index is 13.1. The van der Waals surface area contributed by atoms with Crippen molar-refractivity contribution in [2.45, 2.75) is 20.4 Å². The Bertz CT molecular complexity index is 515. The monoisotopic (exact) mass is 307 g/mol. The van der Waals surface area contributed by atoms with Gasteiger partial charge >= 0.3 is 0 Å². The smallest absolute Gasteiger partial charge is 0.126 e. The van der Waals surface area contributed by atoms with E-state index >= 15 is 0 Å². The Labute approximate surface area is 115 Å². The molecule has 0 saturated heterocycles. The number of nitrogens with one attached hydrogen (secondary N) is 1. The maximum Gasteiger partial charge on any atom is 0.126 e. The van der Waals surface area contributed by atoms with Crippen LogP contribution in [0.3, 0.4) is 0 Å². The standard InChI is InChI=1S/C15H15BrFN/c1-10-7-12(3-5-14(10)16)9-18-13-4-6-15(17)11(2)8-13/h3-8,18H,9H2,1-2H3. The molecule has 94 valence electrons. The van der Waals surface area contributed by atoms with Gasteiger partial charge in [0.1, 0.15) is 5.82 Å². The molecular formula is C15H15BrFN. The minimum atomic E-state index is -0.167. The average Bonchev–Trinajstić information content (AvgIpc) is 2.35. The van der Waals surface area contributed by atoms with Crippen LogP contribution in [-0.2, 0) is 6.54 Å². The number of benzene rings is 2. The highest BCUT2D eigenvalue weighted by Crippen LogP contribution is 2.19. The highest BCUT2D eigenvalue weighted by Gasteiger charge is 2.00. The summed E-state index contributed by atoms with van der Waals surface area (Å²) in [4.78, 5) is 0. The van der Waals surface area contributed by atoms with Gasteiger partial charge in [0.15, 0.2) is 0 Å². The summed E-state index contributed by atoms with van der Waals surface area (Å²) >= 11 is 3.48. The molecule has 0 bridgehead atoms. The molecule has 1 N–H and O–H groups in total. The summed E-state index contributed by atoms with van der Waals surface area (Å²) in [6, 6.07) is 11.3. The van der Waals surface area contributed by atoms with Crippen LogP contribution in [0.15, 0.2) is 40.9 Å². The van der Waals surface area contributed by atoms with Crippen molar-refractivity contribution >= 4 is 21.6 Å². The van der Waals surface area contributed by atoms with E-state index in [1.54, 1.807) is 13.0 Å². The molecule has 0 unspecified atom stereocenters. The first-order valence-electron chi connectivity index (χ1n) is 5.81. The zero-order chi connectivity index (χ0) is 13.1. The van der Waals surface area contributed by atoms with Gasteiger partial charge in [-0.2, -0.15) is 0 Å². The predicted octanol–water partition coefficient (Wildman–Crippen LogP) is 4.82. The SMILES string of the molecule is Cc1cc(NCc2ccc(Br)c(C)c2)ccc1F. The van der Waals surface area contributed by atoms with Crippen LogP contribution in [0.5, 0.6) is 0 Å². The number of hydrogen-bond acceptors (Lipinski definition) is 1. The Morgan fingerprint density at radius 2 is 1.83 bits per heavy atom. The van der Waals surface area contributed by atoms with Crippen molar-refractivity contribution in [3.63, 3.8) is 0 Å². The van der Waals surface area contributed by atoms with Crippen LogP contribution < -0.4 is 5.32 Å². The molecule has 0 atom stereocenters. The first kappa shape index (κ1) is 13.1. The molecule has 0 aliphatic rings. The van der Waals surface area contributed by atoms with Crippen LogP contribution in [0, 0.1) is 19.7 Å². The molecule has 0 aliphatic carbocycles. The van der Waals surface area contributed by atoms with Gasteiger partial charge in [0.25, 0.3) is 0 Å². The minimum absolute atomic E-state index is 0.167. The van der Waals surface area contributed by atoms with Crippen LogP contribution in [-0.4, -0.2) is 0 Å². The van der Waals surface area contributed by atoms with Gasteiger partial charge in [-0.05, 0) is 54.8 Å². The number of rotatable bonds is 3. The van der Waals surface area contributed by atoms with E-state index in [0.29, 0.717) is 5.56 Å². The number of anilines is 1. The van der Waals surface area contributed by atoms with Gasteiger partial charge in [-0.3, -0.25) is 0 Å². The molecule has 2 aromatic rings. The highest BCUT2D eigenvalue weighted by atomic mass is 79.9. The lowest BCUT2D eigenvalue weighted by atomic mass is 10.1. The summed E-state index contributed by atoms with van der Waals surface area (Å²) < 4.78 is 14.2. The second-order valence-electron chi connectivity index (χ2n) is 4.40. The average molecular weight is 308 g/mol. The van der Waals surface area contributed by atoms with Crippen molar-refractivity contribution in [3.05, 3.63) is 63.4 Å². The van der Waals surface area contributed by atoms with Crippen molar-refractivity contribution in [1.29, 1.82) is 0 Å². The van der Waals surface area contributed by atoms with E-state index in [1.807, 2.05) is 12.1 Å². The van der Waals surface area contributed by atoms with Gasteiger partial charge in [0.2, 0.25) is 0 Å². The van der Waals surface area contributed by atoms with Gasteiger partial charge in [-0.25, -0.2) is 4.39 Å². The summed E-state index contributed by atoms with van der Waals surface area (Å²) in [7, 11) is 0. The maximum absolute atomic E-state index is 13.1. The van der Waals surface area contributed by atoms with E-state index in [-0.39, 0.29) is 5.82 Å². The second-order valence-corrected chi connectivity index (χ2v) is 5.26. The number of aryl methyl sites for hydroxylation is 2. The fourth-order valence-electron chi connectivity index (χ4n) is 1.78. The molecule has 0 aromatic heterocycles. The zero-order valence-electron chi connectivity index (χ0n) is 10.4. The first-order chi connectivity index (χ1) is 8.56. The topological polar surface area (TPSA) is 12.0 Å². The van der Waals surface area contributed by atoms with Crippen molar-refractivity contribution in [2.75, 3.05) is 5.32 Å². The summed E-state index contributed by atoms with van der Waals surface area (Å²) in [6.45, 7) is 4.57.